The van der Waals surface area contributed by atoms with Crippen molar-refractivity contribution in [1.29, 1.82) is 5.26 Å². The Kier molecular flexibility index (Phi) is 5.98. The Morgan fingerprint density at radius 3 is 2.31 bits per heavy atom. The Morgan fingerprint density at radius 1 is 0.917 bits per heavy atom. The maximum absolute atomic E-state index is 13.5. The van der Waals surface area contributed by atoms with Crippen molar-refractivity contribution in [2.75, 3.05) is 0 Å². The number of nitriles is 1. The molecule has 3 amide bonds. The summed E-state index contributed by atoms with van der Waals surface area (Å²) in [5.41, 5.74) is 2.56. The second-order valence-electron chi connectivity index (χ2n) is 8.05. The largest absolute Gasteiger partial charge is 0.329 e. The standard InChI is InChI=1S/C27H18ClN5O3/c28-21-8-4-5-9-23(21)33-25(34)20(24(31-33)19-6-2-1-3-7-19)14-22-26(35)32(27(36)30-22)16-18-12-10-17(15-29)11-13-18/h1-14,31H,16H2,(H,30,36)/b22-14-. The normalized spacial score (nSPS) is 14.2. The molecule has 1 aliphatic heterocycles. The van der Waals surface area contributed by atoms with Crippen molar-refractivity contribution in [3.8, 4) is 23.0 Å². The highest BCUT2D eigenvalue weighted by Gasteiger charge is 2.34. The van der Waals surface area contributed by atoms with Gasteiger partial charge in [-0.3, -0.25) is 19.6 Å². The summed E-state index contributed by atoms with van der Waals surface area (Å²) in [6.07, 6.45) is 1.38. The third-order valence-electron chi connectivity index (χ3n) is 5.76. The predicted molar refractivity (Wildman–Crippen MR) is 135 cm³/mol. The number of halogens is 1. The second-order valence-corrected chi connectivity index (χ2v) is 8.45. The maximum Gasteiger partial charge on any atom is 0.329 e. The number of benzene rings is 3. The average molecular weight is 496 g/mol. The molecule has 5 rings (SSSR count). The van der Waals surface area contributed by atoms with Gasteiger partial charge in [-0.05, 0) is 35.9 Å². The lowest BCUT2D eigenvalue weighted by Crippen LogP contribution is -2.30. The first-order valence-electron chi connectivity index (χ1n) is 10.9. The van der Waals surface area contributed by atoms with Gasteiger partial charge in [0.2, 0.25) is 0 Å². The fraction of sp³-hybridized carbons (Fsp3) is 0.0370. The lowest BCUT2D eigenvalue weighted by Gasteiger charge is -2.11. The summed E-state index contributed by atoms with van der Waals surface area (Å²) < 4.78 is 1.31. The van der Waals surface area contributed by atoms with Crippen molar-refractivity contribution in [2.45, 2.75) is 6.54 Å². The molecule has 8 nitrogen and oxygen atoms in total. The third kappa shape index (κ3) is 4.19. The van der Waals surface area contributed by atoms with E-state index >= 15 is 0 Å². The molecule has 1 aliphatic rings. The van der Waals surface area contributed by atoms with Crippen LogP contribution in [0, 0.1) is 11.3 Å². The molecule has 1 saturated heterocycles. The molecule has 176 valence electrons. The number of aromatic amines is 1. The van der Waals surface area contributed by atoms with Crippen LogP contribution in [0.2, 0.25) is 5.02 Å². The molecule has 2 heterocycles. The molecular formula is C27H18ClN5O3. The molecule has 1 aromatic heterocycles. The smallest absolute Gasteiger partial charge is 0.303 e. The van der Waals surface area contributed by atoms with E-state index in [1.54, 1.807) is 48.5 Å². The summed E-state index contributed by atoms with van der Waals surface area (Å²) in [5, 5.41) is 15.0. The molecule has 1 fully saturated rings. The van der Waals surface area contributed by atoms with Crippen molar-refractivity contribution in [2.24, 2.45) is 0 Å². The van der Waals surface area contributed by atoms with E-state index in [0.29, 0.717) is 27.5 Å². The van der Waals surface area contributed by atoms with E-state index in [4.69, 9.17) is 16.9 Å². The van der Waals surface area contributed by atoms with Gasteiger partial charge in [-0.2, -0.15) is 5.26 Å². The van der Waals surface area contributed by atoms with Crippen molar-refractivity contribution in [1.82, 2.24) is 20.0 Å². The van der Waals surface area contributed by atoms with Gasteiger partial charge < -0.3 is 5.32 Å². The van der Waals surface area contributed by atoms with E-state index in [1.165, 1.54) is 10.8 Å². The van der Waals surface area contributed by atoms with E-state index in [1.807, 2.05) is 36.4 Å². The van der Waals surface area contributed by atoms with Crippen LogP contribution in [-0.2, 0) is 11.3 Å². The second kappa shape index (κ2) is 9.41. The summed E-state index contributed by atoms with van der Waals surface area (Å²) >= 11 is 6.34. The number of hydrogen-bond acceptors (Lipinski definition) is 4. The minimum Gasteiger partial charge on any atom is -0.303 e. The van der Waals surface area contributed by atoms with Crippen LogP contribution in [-0.4, -0.2) is 26.6 Å². The molecule has 0 radical (unpaired) electrons. The zero-order valence-electron chi connectivity index (χ0n) is 18.7. The zero-order valence-corrected chi connectivity index (χ0v) is 19.5. The molecule has 0 atom stereocenters. The van der Waals surface area contributed by atoms with Crippen molar-refractivity contribution >= 4 is 29.6 Å². The quantitative estimate of drug-likeness (QED) is 0.314. The molecule has 36 heavy (non-hydrogen) atoms. The highest BCUT2D eigenvalue weighted by molar-refractivity contribution is 6.32. The number of H-pyrrole nitrogens is 1. The van der Waals surface area contributed by atoms with E-state index in [9.17, 15) is 14.4 Å². The number of nitrogens with zero attached hydrogens (tertiary/aromatic N) is 3. The molecule has 9 heteroatoms. The predicted octanol–water partition coefficient (Wildman–Crippen LogP) is 4.45. The maximum atomic E-state index is 13.5. The van der Waals surface area contributed by atoms with Crippen molar-refractivity contribution in [3.05, 3.63) is 117 Å². The van der Waals surface area contributed by atoms with E-state index < -0.39 is 17.5 Å². The average Bonchev–Trinajstić information content (AvgIpc) is 3.36. The van der Waals surface area contributed by atoms with E-state index in [2.05, 4.69) is 10.4 Å². The fourth-order valence-corrected chi connectivity index (χ4v) is 4.16. The molecule has 3 aromatic carbocycles. The Morgan fingerprint density at radius 2 is 1.61 bits per heavy atom. The molecular weight excluding hydrogens is 478 g/mol. The third-order valence-corrected chi connectivity index (χ3v) is 6.08. The lowest BCUT2D eigenvalue weighted by atomic mass is 10.1. The topological polar surface area (TPSA) is 111 Å². The van der Waals surface area contributed by atoms with Gasteiger partial charge in [-0.25, -0.2) is 9.48 Å². The number of hydrogen-bond donors (Lipinski definition) is 2. The van der Waals surface area contributed by atoms with Gasteiger partial charge >= 0.3 is 6.03 Å². The summed E-state index contributed by atoms with van der Waals surface area (Å²) in [7, 11) is 0. The van der Waals surface area contributed by atoms with Gasteiger partial charge in [0.05, 0.1) is 40.1 Å². The summed E-state index contributed by atoms with van der Waals surface area (Å²) in [6, 6.07) is 24.1. The van der Waals surface area contributed by atoms with Crippen LogP contribution in [0.3, 0.4) is 0 Å². The highest BCUT2D eigenvalue weighted by atomic mass is 35.5. The van der Waals surface area contributed by atoms with Gasteiger partial charge in [0.15, 0.2) is 0 Å². The number of imide groups is 1. The lowest BCUT2D eigenvalue weighted by molar-refractivity contribution is -0.123. The van der Waals surface area contributed by atoms with Gasteiger partial charge in [0, 0.05) is 5.56 Å². The molecule has 4 aromatic rings. The number of urea groups is 1. The molecule has 0 unspecified atom stereocenters. The summed E-state index contributed by atoms with van der Waals surface area (Å²) in [6.45, 7) is 0.0241. The number of amides is 3. The highest BCUT2D eigenvalue weighted by Crippen LogP contribution is 2.26. The Hall–Kier alpha value is -4.87. The van der Waals surface area contributed by atoms with E-state index in [-0.39, 0.29) is 17.8 Å². The van der Waals surface area contributed by atoms with Gasteiger partial charge in [-0.1, -0.05) is 66.2 Å². The molecule has 0 bridgehead atoms. The zero-order chi connectivity index (χ0) is 25.2. The minimum absolute atomic E-state index is 0.0202. The first-order chi connectivity index (χ1) is 17.5. The first-order valence-corrected chi connectivity index (χ1v) is 11.3. The van der Waals surface area contributed by atoms with Gasteiger partial charge in [0.1, 0.15) is 5.70 Å². The van der Waals surface area contributed by atoms with Gasteiger partial charge in [-0.15, -0.1) is 0 Å². The van der Waals surface area contributed by atoms with Crippen LogP contribution in [0.5, 0.6) is 0 Å². The summed E-state index contributed by atoms with van der Waals surface area (Å²) in [5.74, 6) is -0.562. The Balaban J connectivity index is 1.55. The monoisotopic (exact) mass is 495 g/mol. The number of nitrogens with one attached hydrogen (secondary N) is 2. The van der Waals surface area contributed by atoms with Crippen LogP contribution in [0.25, 0.3) is 23.0 Å². The Labute approximate surface area is 210 Å². The number of para-hydroxylation sites is 1. The van der Waals surface area contributed by atoms with Crippen LogP contribution in [0.15, 0.2) is 89.4 Å². The summed E-state index contributed by atoms with van der Waals surface area (Å²) in [4.78, 5) is 40.3. The molecule has 0 saturated carbocycles. The van der Waals surface area contributed by atoms with Crippen molar-refractivity contribution < 1.29 is 9.59 Å². The Bertz CT molecular complexity index is 1610. The SMILES string of the molecule is N#Cc1ccc(CN2C(=O)N/C(=C\c3c(-c4ccccc4)[nH]n(-c4ccccc4Cl)c3=O)C2=O)cc1. The molecule has 0 aliphatic carbocycles. The van der Waals surface area contributed by atoms with Crippen LogP contribution in [0.1, 0.15) is 16.7 Å². The number of carbonyl (C=O) groups is 2. The first kappa shape index (κ1) is 22.9. The van der Waals surface area contributed by atoms with Crippen LogP contribution in [0.4, 0.5) is 4.79 Å². The van der Waals surface area contributed by atoms with Crippen LogP contribution < -0.4 is 10.9 Å². The molecule has 0 spiro atoms. The fourth-order valence-electron chi connectivity index (χ4n) is 3.94. The number of carbonyl (C=O) groups excluding carboxylic acids is 2. The minimum atomic E-state index is -0.598. The molecule has 2 N–H and O–H groups in total. The van der Waals surface area contributed by atoms with E-state index in [0.717, 1.165) is 10.5 Å². The van der Waals surface area contributed by atoms with Crippen molar-refractivity contribution in [3.63, 3.8) is 0 Å². The van der Waals surface area contributed by atoms with Gasteiger partial charge in [0.25, 0.3) is 11.5 Å². The number of aromatic nitrogens is 2. The van der Waals surface area contributed by atoms with Crippen LogP contribution >= 0.6 is 11.6 Å². The number of rotatable bonds is 5.